The third-order valence-corrected chi connectivity index (χ3v) is 5.48. The van der Waals surface area contributed by atoms with Crippen molar-refractivity contribution in [2.75, 3.05) is 0 Å². The van der Waals surface area contributed by atoms with Crippen LogP contribution in [0.2, 0.25) is 0 Å². The molecule has 11 heteroatoms. The summed E-state index contributed by atoms with van der Waals surface area (Å²) in [6, 6.07) is 13.5. The normalized spacial score (nSPS) is 12.3. The Labute approximate surface area is 178 Å². The number of nitrogens with one attached hydrogen (secondary N) is 1. The Kier molecular flexibility index (Phi) is 6.52. The Balaban J connectivity index is 1.58. The Morgan fingerprint density at radius 3 is 2.53 bits per heavy atom. The summed E-state index contributed by atoms with van der Waals surface area (Å²) in [5.41, 5.74) is -0.815. The second-order valence-electron chi connectivity index (χ2n) is 5.93. The zero-order valence-electron chi connectivity index (χ0n) is 15.1. The molecule has 0 saturated heterocycles. The first-order valence-corrected chi connectivity index (χ1v) is 10.6. The van der Waals surface area contributed by atoms with Crippen molar-refractivity contribution in [1.82, 2.24) is 4.83 Å². The van der Waals surface area contributed by atoms with Gasteiger partial charge in [0.05, 0.1) is 16.7 Å². The van der Waals surface area contributed by atoms with E-state index in [9.17, 15) is 21.6 Å². The molecular weight excluding hydrogens is 489 g/mol. The Hall–Kier alpha value is -2.79. The topological polar surface area (TPSA) is 80.9 Å². The average molecular weight is 503 g/mol. The van der Waals surface area contributed by atoms with Crippen molar-refractivity contribution in [3.8, 4) is 5.75 Å². The van der Waals surface area contributed by atoms with E-state index in [-0.39, 0.29) is 23.0 Å². The molecule has 1 aromatic heterocycles. The predicted molar refractivity (Wildman–Crippen MR) is 107 cm³/mol. The van der Waals surface area contributed by atoms with Gasteiger partial charge < -0.3 is 9.15 Å². The van der Waals surface area contributed by atoms with Crippen LogP contribution in [0.15, 0.2) is 79.6 Å². The van der Waals surface area contributed by atoms with Crippen LogP contribution in [-0.4, -0.2) is 14.6 Å². The first-order valence-electron chi connectivity index (χ1n) is 8.33. The number of sulfonamides is 1. The molecule has 0 aliphatic heterocycles. The average Bonchev–Trinajstić information content (AvgIpc) is 3.14. The maximum atomic E-state index is 12.7. The fourth-order valence-electron chi connectivity index (χ4n) is 2.28. The van der Waals surface area contributed by atoms with E-state index >= 15 is 0 Å². The molecule has 0 saturated carbocycles. The summed E-state index contributed by atoms with van der Waals surface area (Å²) >= 11 is 3.22. The van der Waals surface area contributed by atoms with Gasteiger partial charge in [0.2, 0.25) is 0 Å². The largest absolute Gasteiger partial charge is 0.486 e. The van der Waals surface area contributed by atoms with Crippen molar-refractivity contribution >= 4 is 32.2 Å². The van der Waals surface area contributed by atoms with E-state index in [1.54, 1.807) is 12.1 Å². The molecule has 1 heterocycles. The number of hydrazone groups is 1. The molecule has 1 N–H and O–H groups in total. The summed E-state index contributed by atoms with van der Waals surface area (Å²) in [6.07, 6.45) is -3.30. The quantitative estimate of drug-likeness (QED) is 0.366. The fourth-order valence-corrected chi connectivity index (χ4v) is 3.34. The minimum Gasteiger partial charge on any atom is -0.486 e. The van der Waals surface area contributed by atoms with Crippen LogP contribution in [0.4, 0.5) is 13.2 Å². The van der Waals surface area contributed by atoms with E-state index in [4.69, 9.17) is 9.15 Å². The number of alkyl halides is 3. The van der Waals surface area contributed by atoms with E-state index < -0.39 is 21.8 Å². The number of nitrogens with zero attached hydrogens (tertiary/aromatic N) is 1. The number of furan rings is 1. The molecule has 158 valence electrons. The highest BCUT2D eigenvalue weighted by atomic mass is 79.9. The minimum atomic E-state index is -4.46. The molecule has 0 amide bonds. The van der Waals surface area contributed by atoms with E-state index in [1.165, 1.54) is 36.4 Å². The van der Waals surface area contributed by atoms with Crippen molar-refractivity contribution < 1.29 is 30.7 Å². The molecule has 0 aliphatic carbocycles. The van der Waals surface area contributed by atoms with Crippen LogP contribution >= 0.6 is 15.9 Å². The van der Waals surface area contributed by atoms with Crippen molar-refractivity contribution in [2.45, 2.75) is 17.7 Å². The molecule has 30 heavy (non-hydrogen) atoms. The number of hydrogen-bond acceptors (Lipinski definition) is 5. The third-order valence-electron chi connectivity index (χ3n) is 3.71. The number of rotatable bonds is 7. The van der Waals surface area contributed by atoms with Crippen molar-refractivity contribution in [1.29, 1.82) is 0 Å². The van der Waals surface area contributed by atoms with Gasteiger partial charge in [-0.05, 0) is 54.6 Å². The Morgan fingerprint density at radius 2 is 1.83 bits per heavy atom. The van der Waals surface area contributed by atoms with Gasteiger partial charge in [0.15, 0.2) is 0 Å². The van der Waals surface area contributed by atoms with Gasteiger partial charge in [-0.1, -0.05) is 22.0 Å². The van der Waals surface area contributed by atoms with Gasteiger partial charge in [-0.15, -0.1) is 0 Å². The molecule has 0 fully saturated rings. The van der Waals surface area contributed by atoms with Crippen LogP contribution in [0.25, 0.3) is 0 Å². The number of halogens is 4. The third kappa shape index (κ3) is 5.86. The van der Waals surface area contributed by atoms with E-state index in [0.29, 0.717) is 5.76 Å². The molecular formula is C19H14BrF3N2O4S. The van der Waals surface area contributed by atoms with Crippen molar-refractivity contribution in [2.24, 2.45) is 5.10 Å². The lowest BCUT2D eigenvalue weighted by Crippen LogP contribution is -2.18. The van der Waals surface area contributed by atoms with Gasteiger partial charge in [0.1, 0.15) is 23.9 Å². The van der Waals surface area contributed by atoms with Crippen LogP contribution in [0, 0.1) is 0 Å². The van der Waals surface area contributed by atoms with Gasteiger partial charge in [-0.25, -0.2) is 0 Å². The summed E-state index contributed by atoms with van der Waals surface area (Å²) in [5, 5.41) is 3.65. The lowest BCUT2D eigenvalue weighted by molar-refractivity contribution is -0.137. The molecule has 3 rings (SSSR count). The van der Waals surface area contributed by atoms with Crippen LogP contribution < -0.4 is 9.57 Å². The first-order chi connectivity index (χ1) is 14.1. The number of benzene rings is 2. The fraction of sp³-hybridized carbons (Fsp3) is 0.105. The molecule has 0 unspecified atom stereocenters. The molecule has 0 atom stereocenters. The highest BCUT2D eigenvalue weighted by Gasteiger charge is 2.30. The van der Waals surface area contributed by atoms with Crippen LogP contribution in [-0.2, 0) is 22.8 Å². The molecule has 0 aliphatic rings. The molecule has 0 bridgehead atoms. The van der Waals surface area contributed by atoms with Crippen LogP contribution in [0.5, 0.6) is 5.75 Å². The molecule has 2 aromatic carbocycles. The van der Waals surface area contributed by atoms with E-state index in [1.807, 2.05) is 0 Å². The van der Waals surface area contributed by atoms with Crippen molar-refractivity contribution in [3.63, 3.8) is 0 Å². The first kappa shape index (κ1) is 21.9. The molecule has 0 spiro atoms. The maximum absolute atomic E-state index is 12.7. The summed E-state index contributed by atoms with van der Waals surface area (Å²) in [5.74, 6) is 0.597. The smallest absolute Gasteiger partial charge is 0.416 e. The summed E-state index contributed by atoms with van der Waals surface area (Å²) in [4.78, 5) is 2.10. The van der Waals surface area contributed by atoms with Gasteiger partial charge in [-0.3, -0.25) is 0 Å². The lowest BCUT2D eigenvalue weighted by Gasteiger charge is -2.09. The monoisotopic (exact) mass is 502 g/mol. The number of ether oxygens (including phenoxy) is 1. The SMILES string of the molecule is O=S(=O)(NN=Cc1ccc(COc2cccc(C(F)(F)F)c2)o1)c1ccc(Br)cc1. The van der Waals surface area contributed by atoms with E-state index in [0.717, 1.165) is 22.8 Å². The van der Waals surface area contributed by atoms with Gasteiger partial charge in [0.25, 0.3) is 10.0 Å². The maximum Gasteiger partial charge on any atom is 0.416 e. The van der Waals surface area contributed by atoms with Gasteiger partial charge in [-0.2, -0.15) is 31.5 Å². The summed E-state index contributed by atoms with van der Waals surface area (Å²) in [7, 11) is -3.83. The second-order valence-corrected chi connectivity index (χ2v) is 8.50. The highest BCUT2D eigenvalue weighted by molar-refractivity contribution is 9.10. The molecule has 0 radical (unpaired) electrons. The highest BCUT2D eigenvalue weighted by Crippen LogP contribution is 2.31. The van der Waals surface area contributed by atoms with Gasteiger partial charge in [0, 0.05) is 4.47 Å². The zero-order chi connectivity index (χ0) is 21.8. The molecule has 6 nitrogen and oxygen atoms in total. The van der Waals surface area contributed by atoms with Crippen molar-refractivity contribution in [3.05, 3.63) is 82.2 Å². The summed E-state index contributed by atoms with van der Waals surface area (Å²) in [6.45, 7) is -0.111. The lowest BCUT2D eigenvalue weighted by atomic mass is 10.2. The Morgan fingerprint density at radius 1 is 1.10 bits per heavy atom. The Bertz CT molecular complexity index is 1140. The van der Waals surface area contributed by atoms with Crippen LogP contribution in [0.3, 0.4) is 0 Å². The van der Waals surface area contributed by atoms with E-state index in [2.05, 4.69) is 25.9 Å². The summed E-state index contributed by atoms with van der Waals surface area (Å²) < 4.78 is 73.9. The standard InChI is InChI=1S/C19H14BrF3N2O4S/c20-14-4-8-18(9-5-14)30(26,27)25-24-11-16-6-7-17(29-16)12-28-15-3-1-2-13(10-15)19(21,22)23/h1-11,25H,12H2. The molecule has 3 aromatic rings. The zero-order valence-corrected chi connectivity index (χ0v) is 17.5. The van der Waals surface area contributed by atoms with Crippen LogP contribution in [0.1, 0.15) is 17.1 Å². The van der Waals surface area contributed by atoms with Gasteiger partial charge >= 0.3 is 6.18 Å². The predicted octanol–water partition coefficient (Wildman–Crippen LogP) is 4.95. The second kappa shape index (κ2) is 8.92. The minimum absolute atomic E-state index is 0.0393. The number of hydrogen-bond donors (Lipinski definition) is 1.